The number of nitro groups is 1. The standard InChI is InChI=1S/C18H15ClN4O5S/c19-13-5-7-15(8-6-13)28-11-17(25)21-22-18(29)20-16(24)9-4-12-2-1-3-14(10-12)23(26)27/h1-10H,11H2,(H,21,25)(H2,20,22,24,29)/b9-4+. The average Bonchev–Trinajstić information content (AvgIpc) is 2.70. The molecule has 0 spiro atoms. The quantitative estimate of drug-likeness (QED) is 0.276. The molecule has 3 N–H and O–H groups in total. The van der Waals surface area contributed by atoms with Crippen molar-refractivity contribution in [3.63, 3.8) is 0 Å². The predicted octanol–water partition coefficient (Wildman–Crippen LogP) is 2.36. The molecule has 2 aromatic rings. The molecule has 0 aliphatic rings. The number of carbonyl (C=O) groups is 2. The van der Waals surface area contributed by atoms with Crippen molar-refractivity contribution in [2.75, 3.05) is 6.61 Å². The Labute approximate surface area is 175 Å². The Morgan fingerprint density at radius 2 is 1.90 bits per heavy atom. The largest absolute Gasteiger partial charge is 0.484 e. The summed E-state index contributed by atoms with van der Waals surface area (Å²) in [7, 11) is 0. The molecule has 0 aliphatic carbocycles. The summed E-state index contributed by atoms with van der Waals surface area (Å²) in [6.45, 7) is -0.280. The topological polar surface area (TPSA) is 123 Å². The number of benzene rings is 2. The molecule has 2 aromatic carbocycles. The predicted molar refractivity (Wildman–Crippen MR) is 111 cm³/mol. The van der Waals surface area contributed by atoms with E-state index in [0.717, 1.165) is 6.08 Å². The first-order valence-corrected chi connectivity index (χ1v) is 8.83. The van der Waals surface area contributed by atoms with Gasteiger partial charge in [-0.15, -0.1) is 0 Å². The molecule has 0 radical (unpaired) electrons. The zero-order valence-corrected chi connectivity index (χ0v) is 16.3. The molecular formula is C18H15ClN4O5S. The first-order chi connectivity index (χ1) is 13.8. The van der Waals surface area contributed by atoms with E-state index in [4.69, 9.17) is 28.6 Å². The van der Waals surface area contributed by atoms with Crippen molar-refractivity contribution < 1.29 is 19.2 Å². The van der Waals surface area contributed by atoms with Gasteiger partial charge in [0.2, 0.25) is 5.91 Å². The van der Waals surface area contributed by atoms with Gasteiger partial charge in [-0.05, 0) is 48.1 Å². The summed E-state index contributed by atoms with van der Waals surface area (Å²) in [5.41, 5.74) is 5.01. The van der Waals surface area contributed by atoms with Crippen molar-refractivity contribution in [1.29, 1.82) is 0 Å². The highest BCUT2D eigenvalue weighted by Gasteiger charge is 2.06. The molecule has 0 heterocycles. The number of nitrogens with one attached hydrogen (secondary N) is 3. The molecule has 0 aliphatic heterocycles. The summed E-state index contributed by atoms with van der Waals surface area (Å²) in [6, 6.07) is 12.2. The lowest BCUT2D eigenvalue weighted by atomic mass is 10.2. The van der Waals surface area contributed by atoms with E-state index in [1.807, 2.05) is 0 Å². The van der Waals surface area contributed by atoms with Crippen LogP contribution in [0.5, 0.6) is 5.75 Å². The third-order valence-electron chi connectivity index (χ3n) is 3.24. The van der Waals surface area contributed by atoms with E-state index in [1.165, 1.54) is 24.3 Å². The van der Waals surface area contributed by atoms with Crippen LogP contribution in [0.25, 0.3) is 6.08 Å². The van der Waals surface area contributed by atoms with Crippen molar-refractivity contribution in [3.05, 3.63) is 75.3 Å². The Morgan fingerprint density at radius 3 is 2.59 bits per heavy atom. The van der Waals surface area contributed by atoms with Gasteiger partial charge >= 0.3 is 0 Å². The van der Waals surface area contributed by atoms with E-state index in [1.54, 1.807) is 30.3 Å². The van der Waals surface area contributed by atoms with Crippen LogP contribution in [0.15, 0.2) is 54.6 Å². The molecule has 0 atom stereocenters. The normalized spacial score (nSPS) is 10.2. The number of hydrogen-bond acceptors (Lipinski definition) is 6. The van der Waals surface area contributed by atoms with Crippen LogP contribution in [0.2, 0.25) is 5.02 Å². The summed E-state index contributed by atoms with van der Waals surface area (Å²) < 4.78 is 5.25. The average molecular weight is 435 g/mol. The van der Waals surface area contributed by atoms with Gasteiger partial charge in [-0.1, -0.05) is 23.7 Å². The summed E-state index contributed by atoms with van der Waals surface area (Å²) in [5, 5.41) is 13.5. The van der Waals surface area contributed by atoms with Crippen LogP contribution >= 0.6 is 23.8 Å². The van der Waals surface area contributed by atoms with Crippen LogP contribution in [0.3, 0.4) is 0 Å². The lowest BCUT2D eigenvalue weighted by Gasteiger charge is -2.10. The van der Waals surface area contributed by atoms with Crippen molar-refractivity contribution in [1.82, 2.24) is 16.2 Å². The van der Waals surface area contributed by atoms with Crippen molar-refractivity contribution >= 4 is 52.5 Å². The SMILES string of the molecule is O=C(/C=C/c1cccc([N+](=O)[O-])c1)NC(=S)NNC(=O)COc1ccc(Cl)cc1. The van der Waals surface area contributed by atoms with Crippen molar-refractivity contribution in [2.45, 2.75) is 0 Å². The third-order valence-corrected chi connectivity index (χ3v) is 3.70. The van der Waals surface area contributed by atoms with E-state index >= 15 is 0 Å². The second-order valence-electron chi connectivity index (χ2n) is 5.42. The number of carbonyl (C=O) groups excluding carboxylic acids is 2. The highest BCUT2D eigenvalue weighted by molar-refractivity contribution is 7.80. The zero-order chi connectivity index (χ0) is 21.2. The van der Waals surface area contributed by atoms with E-state index < -0.39 is 16.7 Å². The summed E-state index contributed by atoms with van der Waals surface area (Å²) in [5.74, 6) is -0.643. The maximum absolute atomic E-state index is 11.8. The number of hydrazine groups is 1. The summed E-state index contributed by atoms with van der Waals surface area (Å²) in [4.78, 5) is 33.7. The Kier molecular flexibility index (Phi) is 8.07. The minimum Gasteiger partial charge on any atom is -0.484 e. The fourth-order valence-corrected chi connectivity index (χ4v) is 2.22. The van der Waals surface area contributed by atoms with Crippen LogP contribution in [-0.4, -0.2) is 28.5 Å². The van der Waals surface area contributed by atoms with Crippen LogP contribution in [-0.2, 0) is 9.59 Å². The number of thiocarbonyl (C=S) groups is 1. The first kappa shape index (κ1) is 21.8. The van der Waals surface area contributed by atoms with Gasteiger partial charge in [-0.3, -0.25) is 35.9 Å². The van der Waals surface area contributed by atoms with Crippen molar-refractivity contribution in [2.24, 2.45) is 0 Å². The van der Waals surface area contributed by atoms with Gasteiger partial charge in [0.1, 0.15) is 5.75 Å². The number of nitrogens with zero attached hydrogens (tertiary/aromatic N) is 1. The molecule has 29 heavy (non-hydrogen) atoms. The smallest absolute Gasteiger partial charge is 0.276 e. The number of rotatable bonds is 6. The highest BCUT2D eigenvalue weighted by Crippen LogP contribution is 2.15. The number of amides is 2. The minimum atomic E-state index is -0.583. The molecule has 0 unspecified atom stereocenters. The van der Waals surface area contributed by atoms with E-state index in [-0.39, 0.29) is 17.4 Å². The molecule has 0 saturated carbocycles. The molecule has 2 amide bonds. The number of halogens is 1. The third kappa shape index (κ3) is 7.95. The molecule has 0 aromatic heterocycles. The number of hydrogen-bond donors (Lipinski definition) is 3. The van der Waals surface area contributed by atoms with E-state index in [2.05, 4.69) is 16.2 Å². The summed E-state index contributed by atoms with van der Waals surface area (Å²) >= 11 is 10.6. The Morgan fingerprint density at radius 1 is 1.17 bits per heavy atom. The van der Waals surface area contributed by atoms with E-state index in [0.29, 0.717) is 16.3 Å². The van der Waals surface area contributed by atoms with Crippen LogP contribution < -0.4 is 20.9 Å². The molecule has 150 valence electrons. The van der Waals surface area contributed by atoms with Gasteiger partial charge in [0.15, 0.2) is 11.7 Å². The molecule has 0 saturated heterocycles. The lowest BCUT2D eigenvalue weighted by Crippen LogP contribution is -2.49. The van der Waals surface area contributed by atoms with Gasteiger partial charge in [0.05, 0.1) is 4.92 Å². The molecular weight excluding hydrogens is 420 g/mol. The maximum Gasteiger partial charge on any atom is 0.276 e. The fraction of sp³-hybridized carbons (Fsp3) is 0.0556. The number of nitro benzene ring substituents is 1. The second kappa shape index (κ2) is 10.7. The van der Waals surface area contributed by atoms with Gasteiger partial charge in [0, 0.05) is 23.2 Å². The minimum absolute atomic E-state index is 0.0896. The van der Waals surface area contributed by atoms with Crippen LogP contribution in [0.4, 0.5) is 5.69 Å². The Hall–Kier alpha value is -3.50. The van der Waals surface area contributed by atoms with Crippen LogP contribution in [0, 0.1) is 10.1 Å². The lowest BCUT2D eigenvalue weighted by molar-refractivity contribution is -0.384. The van der Waals surface area contributed by atoms with E-state index in [9.17, 15) is 19.7 Å². The number of ether oxygens (including phenoxy) is 1. The van der Waals surface area contributed by atoms with Gasteiger partial charge < -0.3 is 4.74 Å². The Balaban J connectivity index is 1.73. The van der Waals surface area contributed by atoms with Gasteiger partial charge in [0.25, 0.3) is 11.6 Å². The molecule has 2 rings (SSSR count). The van der Waals surface area contributed by atoms with Gasteiger partial charge in [-0.2, -0.15) is 0 Å². The summed E-state index contributed by atoms with van der Waals surface area (Å²) in [6.07, 6.45) is 2.54. The molecule has 0 fully saturated rings. The molecule has 9 nitrogen and oxygen atoms in total. The second-order valence-corrected chi connectivity index (χ2v) is 6.26. The van der Waals surface area contributed by atoms with Crippen LogP contribution in [0.1, 0.15) is 5.56 Å². The monoisotopic (exact) mass is 434 g/mol. The van der Waals surface area contributed by atoms with Crippen molar-refractivity contribution in [3.8, 4) is 5.75 Å². The van der Waals surface area contributed by atoms with Gasteiger partial charge in [-0.25, -0.2) is 0 Å². The Bertz CT molecular complexity index is 950. The molecule has 11 heteroatoms. The first-order valence-electron chi connectivity index (χ1n) is 8.04. The zero-order valence-electron chi connectivity index (χ0n) is 14.8. The molecule has 0 bridgehead atoms. The number of non-ortho nitro benzene ring substituents is 1. The maximum atomic E-state index is 11.8. The fourth-order valence-electron chi connectivity index (χ4n) is 1.94. The highest BCUT2D eigenvalue weighted by atomic mass is 35.5.